The molecule has 0 saturated heterocycles. The number of aromatic nitrogens is 2. The Morgan fingerprint density at radius 2 is 2.04 bits per heavy atom. The number of carboxylic acid groups (broad SMARTS) is 1. The number of carboxylic acids is 1. The molecule has 2 aromatic rings. The van der Waals surface area contributed by atoms with Gasteiger partial charge in [0.05, 0.1) is 17.3 Å². The predicted octanol–water partition coefficient (Wildman–Crippen LogP) is 2.51. The lowest BCUT2D eigenvalue weighted by molar-refractivity contribution is -0.121. The first-order valence-corrected chi connectivity index (χ1v) is 7.98. The van der Waals surface area contributed by atoms with E-state index in [0.29, 0.717) is 19.4 Å². The maximum absolute atomic E-state index is 12.1. The van der Waals surface area contributed by atoms with Crippen molar-refractivity contribution in [2.75, 3.05) is 6.54 Å². The summed E-state index contributed by atoms with van der Waals surface area (Å²) in [6.45, 7) is 6.35. The first-order chi connectivity index (χ1) is 11.4. The lowest BCUT2D eigenvalue weighted by Gasteiger charge is -2.14. The highest BCUT2D eigenvalue weighted by molar-refractivity contribution is 5.87. The molecule has 6 heteroatoms. The summed E-state index contributed by atoms with van der Waals surface area (Å²) in [7, 11) is 0. The number of carbonyl (C=O) groups is 2. The van der Waals surface area contributed by atoms with E-state index >= 15 is 0 Å². The summed E-state index contributed by atoms with van der Waals surface area (Å²) < 4.78 is 1.87. The van der Waals surface area contributed by atoms with E-state index in [1.54, 1.807) is 18.2 Å². The molecule has 0 bridgehead atoms. The highest BCUT2D eigenvalue weighted by Gasteiger charge is 2.13. The van der Waals surface area contributed by atoms with Crippen LogP contribution in [0.15, 0.2) is 30.3 Å². The van der Waals surface area contributed by atoms with Gasteiger partial charge in [-0.25, -0.2) is 4.79 Å². The molecule has 2 N–H and O–H groups in total. The number of hydrogen-bond acceptors (Lipinski definition) is 3. The number of benzene rings is 1. The van der Waals surface area contributed by atoms with Crippen LogP contribution in [0.25, 0.3) is 0 Å². The van der Waals surface area contributed by atoms with Crippen LogP contribution >= 0.6 is 0 Å². The third-order valence-corrected chi connectivity index (χ3v) is 3.85. The minimum atomic E-state index is -0.945. The van der Waals surface area contributed by atoms with Crippen LogP contribution in [0, 0.1) is 13.8 Å². The fourth-order valence-electron chi connectivity index (χ4n) is 2.73. The molecule has 1 amide bonds. The number of aromatic carboxylic acids is 1. The number of nitrogens with zero attached hydrogens (tertiary/aromatic N) is 2. The third kappa shape index (κ3) is 4.68. The van der Waals surface area contributed by atoms with Crippen LogP contribution in [0.2, 0.25) is 0 Å². The SMILES string of the molecule is Cc1cc(C)n(C(C)CC(=O)NCCc2cccc(C(=O)O)c2)n1. The quantitative estimate of drug-likeness (QED) is 0.817. The van der Waals surface area contributed by atoms with Gasteiger partial charge in [0.15, 0.2) is 0 Å². The highest BCUT2D eigenvalue weighted by atomic mass is 16.4. The maximum atomic E-state index is 12.1. The number of carbonyl (C=O) groups excluding carboxylic acids is 1. The van der Waals surface area contributed by atoms with Crippen LogP contribution < -0.4 is 5.32 Å². The van der Waals surface area contributed by atoms with Gasteiger partial charge in [0.1, 0.15) is 0 Å². The van der Waals surface area contributed by atoms with Gasteiger partial charge in [0.2, 0.25) is 5.91 Å². The normalized spacial score (nSPS) is 12.0. The Hall–Kier alpha value is -2.63. The number of rotatable bonds is 7. The van der Waals surface area contributed by atoms with Gasteiger partial charge in [0, 0.05) is 18.7 Å². The molecule has 6 nitrogen and oxygen atoms in total. The van der Waals surface area contributed by atoms with E-state index in [4.69, 9.17) is 5.11 Å². The van der Waals surface area contributed by atoms with Crippen LogP contribution in [0.3, 0.4) is 0 Å². The molecule has 24 heavy (non-hydrogen) atoms. The molecule has 0 aliphatic rings. The van der Waals surface area contributed by atoms with Gasteiger partial charge in [-0.15, -0.1) is 0 Å². The number of aryl methyl sites for hydroxylation is 2. The van der Waals surface area contributed by atoms with Crippen LogP contribution in [0.1, 0.15) is 46.7 Å². The van der Waals surface area contributed by atoms with E-state index in [1.165, 1.54) is 0 Å². The van der Waals surface area contributed by atoms with Crippen molar-refractivity contribution in [1.29, 1.82) is 0 Å². The van der Waals surface area contributed by atoms with Crippen molar-refractivity contribution >= 4 is 11.9 Å². The second kappa shape index (κ2) is 7.77. The molecule has 0 aliphatic heterocycles. The van der Waals surface area contributed by atoms with E-state index in [-0.39, 0.29) is 17.5 Å². The maximum Gasteiger partial charge on any atom is 0.335 e. The molecule has 0 aliphatic carbocycles. The van der Waals surface area contributed by atoms with Crippen LogP contribution in [-0.4, -0.2) is 33.3 Å². The minimum Gasteiger partial charge on any atom is -0.478 e. The van der Waals surface area contributed by atoms with E-state index in [9.17, 15) is 9.59 Å². The summed E-state index contributed by atoms with van der Waals surface area (Å²) in [6, 6.07) is 8.74. The fourth-order valence-corrected chi connectivity index (χ4v) is 2.73. The Bertz CT molecular complexity index is 737. The van der Waals surface area contributed by atoms with Crippen molar-refractivity contribution < 1.29 is 14.7 Å². The second-order valence-electron chi connectivity index (χ2n) is 6.03. The lowest BCUT2D eigenvalue weighted by Crippen LogP contribution is -2.28. The molecule has 128 valence electrons. The molecule has 1 atom stereocenters. The minimum absolute atomic E-state index is 0.00552. The number of hydrogen-bond donors (Lipinski definition) is 2. The number of nitrogens with one attached hydrogen (secondary N) is 1. The van der Waals surface area contributed by atoms with Gasteiger partial charge in [-0.05, 0) is 51.0 Å². The monoisotopic (exact) mass is 329 g/mol. The predicted molar refractivity (Wildman–Crippen MR) is 91.1 cm³/mol. The zero-order valence-electron chi connectivity index (χ0n) is 14.2. The smallest absolute Gasteiger partial charge is 0.335 e. The number of amides is 1. The summed E-state index contributed by atoms with van der Waals surface area (Å²) in [5, 5.41) is 16.3. The van der Waals surface area contributed by atoms with Gasteiger partial charge < -0.3 is 10.4 Å². The first kappa shape index (κ1) is 17.7. The van der Waals surface area contributed by atoms with E-state index < -0.39 is 5.97 Å². The van der Waals surface area contributed by atoms with Crippen molar-refractivity contribution in [1.82, 2.24) is 15.1 Å². The summed E-state index contributed by atoms with van der Waals surface area (Å²) in [4.78, 5) is 23.0. The average Bonchev–Trinajstić information content (AvgIpc) is 2.86. The van der Waals surface area contributed by atoms with Crippen molar-refractivity contribution in [3.8, 4) is 0 Å². The molecule has 0 radical (unpaired) electrons. The van der Waals surface area contributed by atoms with Crippen molar-refractivity contribution in [3.05, 3.63) is 52.8 Å². The fraction of sp³-hybridized carbons (Fsp3) is 0.389. The topological polar surface area (TPSA) is 84.2 Å². The van der Waals surface area contributed by atoms with Crippen LogP contribution in [0.4, 0.5) is 0 Å². The molecule has 1 aromatic heterocycles. The summed E-state index contributed by atoms with van der Waals surface area (Å²) in [5.41, 5.74) is 3.13. The van der Waals surface area contributed by atoms with Crippen molar-refractivity contribution in [2.45, 2.75) is 39.7 Å². The van der Waals surface area contributed by atoms with Gasteiger partial charge in [-0.2, -0.15) is 5.10 Å². The van der Waals surface area contributed by atoms with E-state index in [2.05, 4.69) is 10.4 Å². The van der Waals surface area contributed by atoms with E-state index in [1.807, 2.05) is 37.6 Å². The molecular weight excluding hydrogens is 306 g/mol. The first-order valence-electron chi connectivity index (χ1n) is 7.98. The van der Waals surface area contributed by atoms with Gasteiger partial charge in [-0.3, -0.25) is 9.48 Å². The molecule has 1 unspecified atom stereocenters. The summed E-state index contributed by atoms with van der Waals surface area (Å²) >= 11 is 0. The molecular formula is C18H23N3O3. The largest absolute Gasteiger partial charge is 0.478 e. The average molecular weight is 329 g/mol. The van der Waals surface area contributed by atoms with Crippen LogP contribution in [0.5, 0.6) is 0 Å². The molecule has 0 fully saturated rings. The molecule has 0 saturated carbocycles. The Morgan fingerprint density at radius 3 is 2.67 bits per heavy atom. The Labute approximate surface area is 141 Å². The summed E-state index contributed by atoms with van der Waals surface area (Å²) in [5.74, 6) is -0.982. The Kier molecular flexibility index (Phi) is 5.73. The molecule has 1 aromatic carbocycles. The van der Waals surface area contributed by atoms with Crippen LogP contribution in [-0.2, 0) is 11.2 Å². The molecule has 0 spiro atoms. The zero-order chi connectivity index (χ0) is 17.7. The molecule has 2 rings (SSSR count). The zero-order valence-corrected chi connectivity index (χ0v) is 14.2. The molecule has 1 heterocycles. The standard InChI is InChI=1S/C18H23N3O3/c1-12-9-13(2)21(20-12)14(3)10-17(22)19-8-7-15-5-4-6-16(11-15)18(23)24/h4-6,9,11,14H,7-8,10H2,1-3H3,(H,19,22)(H,23,24). The Balaban J connectivity index is 1.82. The summed E-state index contributed by atoms with van der Waals surface area (Å²) in [6.07, 6.45) is 0.957. The second-order valence-corrected chi connectivity index (χ2v) is 6.03. The van der Waals surface area contributed by atoms with E-state index in [0.717, 1.165) is 17.0 Å². The van der Waals surface area contributed by atoms with Crippen molar-refractivity contribution in [2.24, 2.45) is 0 Å². The third-order valence-electron chi connectivity index (χ3n) is 3.85. The highest BCUT2D eigenvalue weighted by Crippen LogP contribution is 2.14. The van der Waals surface area contributed by atoms with Gasteiger partial charge in [0.25, 0.3) is 0 Å². The lowest BCUT2D eigenvalue weighted by atomic mass is 10.1. The Morgan fingerprint density at radius 1 is 1.29 bits per heavy atom. The van der Waals surface area contributed by atoms with Gasteiger partial charge >= 0.3 is 5.97 Å². The van der Waals surface area contributed by atoms with Crippen molar-refractivity contribution in [3.63, 3.8) is 0 Å². The van der Waals surface area contributed by atoms with Gasteiger partial charge in [-0.1, -0.05) is 12.1 Å².